The van der Waals surface area contributed by atoms with Gasteiger partial charge in [-0.3, -0.25) is 0 Å². The zero-order valence-electron chi connectivity index (χ0n) is 17.2. The second-order valence-corrected chi connectivity index (χ2v) is 10.1. The molecule has 1 radical (unpaired) electrons. The standard InChI is InChI=1S/C23H25AsFN4O2/c25-19-5-7-20(8-6-19)29-23(26)21(16-27-29)22(30)17-3-1-4-18(15-17)24-9-2-10-28-11-13-31-14-12-28/h1,3-8,15-16H,2,9-14,26H2. The van der Waals surface area contributed by atoms with Crippen LogP contribution in [0.2, 0.25) is 5.21 Å². The van der Waals surface area contributed by atoms with E-state index in [1.165, 1.54) is 27.4 Å². The van der Waals surface area contributed by atoms with Gasteiger partial charge in [-0.25, -0.2) is 0 Å². The quantitative estimate of drug-likeness (QED) is 0.303. The first kappa shape index (κ1) is 21.7. The van der Waals surface area contributed by atoms with Crippen LogP contribution in [0.4, 0.5) is 10.2 Å². The van der Waals surface area contributed by atoms with Gasteiger partial charge in [0.2, 0.25) is 0 Å². The average molecular weight is 483 g/mol. The number of ether oxygens (including phenoxy) is 1. The Labute approximate surface area is 187 Å². The van der Waals surface area contributed by atoms with E-state index in [-0.39, 0.29) is 33.2 Å². The van der Waals surface area contributed by atoms with Gasteiger partial charge in [-0.15, -0.1) is 0 Å². The van der Waals surface area contributed by atoms with Gasteiger partial charge >= 0.3 is 188 Å². The molecule has 0 unspecified atom stereocenters. The second-order valence-electron chi connectivity index (χ2n) is 7.40. The summed E-state index contributed by atoms with van der Waals surface area (Å²) in [5, 5.41) is 5.39. The summed E-state index contributed by atoms with van der Waals surface area (Å²) < 4.78 is 21.3. The van der Waals surface area contributed by atoms with Crippen molar-refractivity contribution in [2.75, 3.05) is 38.6 Å². The van der Waals surface area contributed by atoms with Gasteiger partial charge in [0.05, 0.1) is 0 Å². The van der Waals surface area contributed by atoms with E-state index in [1.807, 2.05) is 18.2 Å². The van der Waals surface area contributed by atoms with E-state index in [1.54, 1.807) is 12.1 Å². The fourth-order valence-electron chi connectivity index (χ4n) is 3.55. The summed E-state index contributed by atoms with van der Waals surface area (Å²) in [6, 6.07) is 13.6. The number of nitrogens with zero attached hydrogens (tertiary/aromatic N) is 3. The molecule has 31 heavy (non-hydrogen) atoms. The molecule has 0 bridgehead atoms. The number of hydrogen-bond acceptors (Lipinski definition) is 5. The molecule has 2 heterocycles. The summed E-state index contributed by atoms with van der Waals surface area (Å²) >= 11 is 0.00469. The van der Waals surface area contributed by atoms with Gasteiger partial charge in [0, 0.05) is 0 Å². The van der Waals surface area contributed by atoms with Crippen molar-refractivity contribution in [1.82, 2.24) is 14.7 Å². The molecular formula is C23H25AsFN4O2. The number of aromatic nitrogens is 2. The topological polar surface area (TPSA) is 73.4 Å². The van der Waals surface area contributed by atoms with Gasteiger partial charge in [0.15, 0.2) is 0 Å². The fourth-order valence-corrected chi connectivity index (χ4v) is 5.60. The van der Waals surface area contributed by atoms with E-state index < -0.39 is 0 Å². The molecule has 161 valence electrons. The molecule has 0 amide bonds. The molecule has 0 saturated carbocycles. The molecule has 2 N–H and O–H groups in total. The van der Waals surface area contributed by atoms with Gasteiger partial charge in [0.25, 0.3) is 0 Å². The molecule has 1 aliphatic rings. The fraction of sp³-hybridized carbons (Fsp3) is 0.304. The Morgan fingerprint density at radius 3 is 2.71 bits per heavy atom. The Bertz CT molecular complexity index is 1030. The van der Waals surface area contributed by atoms with Gasteiger partial charge in [-0.05, 0) is 0 Å². The third-order valence-electron chi connectivity index (χ3n) is 5.26. The van der Waals surface area contributed by atoms with Crippen LogP contribution < -0.4 is 10.1 Å². The number of hydrogen-bond donors (Lipinski definition) is 1. The minimum absolute atomic E-state index is 0.00469. The van der Waals surface area contributed by atoms with Crippen molar-refractivity contribution in [2.45, 2.75) is 11.6 Å². The van der Waals surface area contributed by atoms with Gasteiger partial charge in [0.1, 0.15) is 0 Å². The van der Waals surface area contributed by atoms with Crippen LogP contribution in [0, 0.1) is 5.82 Å². The molecule has 0 atom stereocenters. The third kappa shape index (κ3) is 5.42. The summed E-state index contributed by atoms with van der Waals surface area (Å²) in [5.41, 5.74) is 7.77. The predicted molar refractivity (Wildman–Crippen MR) is 120 cm³/mol. The number of carbonyl (C=O) groups excluding carboxylic acids is 1. The van der Waals surface area contributed by atoms with E-state index in [4.69, 9.17) is 10.5 Å². The summed E-state index contributed by atoms with van der Waals surface area (Å²) in [6.07, 6.45) is 2.64. The number of carbonyl (C=O) groups is 1. The van der Waals surface area contributed by atoms with Crippen LogP contribution >= 0.6 is 0 Å². The van der Waals surface area contributed by atoms with Crippen LogP contribution in [0.25, 0.3) is 5.69 Å². The van der Waals surface area contributed by atoms with E-state index >= 15 is 0 Å². The van der Waals surface area contributed by atoms with E-state index in [2.05, 4.69) is 16.1 Å². The molecular weight excluding hydrogens is 458 g/mol. The number of nitrogen functional groups attached to an aromatic ring is 1. The molecule has 1 fully saturated rings. The molecule has 0 spiro atoms. The number of rotatable bonds is 8. The van der Waals surface area contributed by atoms with Crippen LogP contribution in [-0.4, -0.2) is 69.1 Å². The van der Waals surface area contributed by atoms with Crippen molar-refractivity contribution in [1.29, 1.82) is 0 Å². The van der Waals surface area contributed by atoms with Crippen LogP contribution in [-0.2, 0) is 4.74 Å². The summed E-state index contributed by atoms with van der Waals surface area (Å²) in [5.74, 6) is -0.238. The maximum absolute atomic E-state index is 13.2. The van der Waals surface area contributed by atoms with Gasteiger partial charge in [-0.2, -0.15) is 0 Å². The first-order valence-electron chi connectivity index (χ1n) is 10.3. The monoisotopic (exact) mass is 483 g/mol. The summed E-state index contributed by atoms with van der Waals surface area (Å²) in [7, 11) is 0. The zero-order valence-corrected chi connectivity index (χ0v) is 19.1. The zero-order chi connectivity index (χ0) is 21.6. The van der Waals surface area contributed by atoms with Gasteiger partial charge < -0.3 is 0 Å². The summed E-state index contributed by atoms with van der Waals surface area (Å²) in [6.45, 7) is 4.81. The number of anilines is 1. The van der Waals surface area contributed by atoms with E-state index in [0.717, 1.165) is 44.5 Å². The maximum atomic E-state index is 13.2. The molecule has 1 saturated heterocycles. The molecule has 1 aliphatic heterocycles. The molecule has 8 heteroatoms. The number of benzene rings is 2. The minimum atomic E-state index is -0.338. The number of halogens is 1. The molecule has 2 aromatic carbocycles. The van der Waals surface area contributed by atoms with Crippen molar-refractivity contribution < 1.29 is 13.9 Å². The van der Waals surface area contributed by atoms with Crippen molar-refractivity contribution >= 4 is 31.7 Å². The van der Waals surface area contributed by atoms with Crippen molar-refractivity contribution in [2.24, 2.45) is 0 Å². The van der Waals surface area contributed by atoms with Crippen LogP contribution in [0.15, 0.2) is 54.7 Å². The molecule has 1 aromatic heterocycles. The third-order valence-corrected chi connectivity index (χ3v) is 7.74. The first-order valence-corrected chi connectivity index (χ1v) is 12.6. The first-order chi connectivity index (χ1) is 15.1. The summed E-state index contributed by atoms with van der Waals surface area (Å²) in [4.78, 5) is 15.5. The predicted octanol–water partition coefficient (Wildman–Crippen LogP) is 2.29. The molecule has 3 aromatic rings. The molecule has 6 nitrogen and oxygen atoms in total. The van der Waals surface area contributed by atoms with Crippen LogP contribution in [0.3, 0.4) is 0 Å². The van der Waals surface area contributed by atoms with E-state index in [9.17, 15) is 9.18 Å². The molecule has 4 rings (SSSR count). The average Bonchev–Trinajstić information content (AvgIpc) is 3.19. The second kappa shape index (κ2) is 10.2. The Morgan fingerprint density at radius 1 is 1.16 bits per heavy atom. The Morgan fingerprint density at radius 2 is 1.94 bits per heavy atom. The Kier molecular flexibility index (Phi) is 7.17. The number of morpholine rings is 1. The Hall–Kier alpha value is -2.47. The number of nitrogens with two attached hydrogens (primary N) is 1. The number of ketones is 1. The van der Waals surface area contributed by atoms with E-state index in [0.29, 0.717) is 16.8 Å². The van der Waals surface area contributed by atoms with Crippen molar-refractivity contribution in [3.63, 3.8) is 0 Å². The molecule has 0 aliphatic carbocycles. The van der Waals surface area contributed by atoms with Crippen molar-refractivity contribution in [3.05, 3.63) is 71.7 Å². The van der Waals surface area contributed by atoms with Crippen molar-refractivity contribution in [3.8, 4) is 5.69 Å². The Balaban J connectivity index is 1.39. The van der Waals surface area contributed by atoms with Crippen LogP contribution in [0.1, 0.15) is 22.3 Å². The van der Waals surface area contributed by atoms with Gasteiger partial charge in [-0.1, -0.05) is 0 Å². The normalized spacial score (nSPS) is 15.0. The van der Waals surface area contributed by atoms with Crippen LogP contribution in [0.5, 0.6) is 0 Å². The SMILES string of the molecule is Nc1c(C(=O)c2cccc([As]CCCN3CCOCC3)c2)cnn1-c1ccc(F)cc1.